The molecule has 2 unspecified atom stereocenters. The molecule has 0 spiro atoms. The second-order valence-electron chi connectivity index (χ2n) is 5.49. The van der Waals surface area contributed by atoms with Crippen molar-refractivity contribution in [2.75, 3.05) is 20.8 Å². The zero-order valence-electron chi connectivity index (χ0n) is 13.2. The van der Waals surface area contributed by atoms with Crippen LogP contribution in [0, 0.1) is 5.92 Å². The number of methoxy groups -OCH3 is 2. The molecule has 0 heterocycles. The summed E-state index contributed by atoms with van der Waals surface area (Å²) in [6.45, 7) is 6.92. The van der Waals surface area contributed by atoms with Gasteiger partial charge in [0.2, 0.25) is 0 Å². The molecule has 0 fully saturated rings. The van der Waals surface area contributed by atoms with Crippen molar-refractivity contribution >= 4 is 0 Å². The quantitative estimate of drug-likeness (QED) is 0.795. The van der Waals surface area contributed by atoms with Gasteiger partial charge in [0.05, 0.1) is 33.0 Å². The van der Waals surface area contributed by atoms with Gasteiger partial charge in [-0.25, -0.2) is 0 Å². The highest BCUT2D eigenvalue weighted by atomic mass is 16.5. The molecule has 1 rings (SSSR count). The zero-order chi connectivity index (χ0) is 15.1. The van der Waals surface area contributed by atoms with Gasteiger partial charge in [-0.05, 0) is 37.5 Å². The maximum atomic E-state index is 6.21. The predicted molar refractivity (Wildman–Crippen MR) is 81.3 cm³/mol. The molecule has 0 aliphatic heterocycles. The number of ether oxygens (including phenoxy) is 3. The van der Waals surface area contributed by atoms with E-state index in [9.17, 15) is 0 Å². The third-order valence-electron chi connectivity index (χ3n) is 3.20. The molecule has 4 heteroatoms. The Hall–Kier alpha value is -1.26. The summed E-state index contributed by atoms with van der Waals surface area (Å²) >= 11 is 0. The van der Waals surface area contributed by atoms with Crippen LogP contribution in [0.25, 0.3) is 0 Å². The third-order valence-corrected chi connectivity index (χ3v) is 3.20. The van der Waals surface area contributed by atoms with Crippen molar-refractivity contribution in [2.24, 2.45) is 11.7 Å². The highest BCUT2D eigenvalue weighted by molar-refractivity contribution is 5.42. The number of hydrogen-bond acceptors (Lipinski definition) is 4. The van der Waals surface area contributed by atoms with Crippen LogP contribution in [0.1, 0.15) is 38.8 Å². The number of benzene rings is 1. The number of nitrogens with two attached hydrogens (primary N) is 1. The smallest absolute Gasteiger partial charge is 0.123 e. The van der Waals surface area contributed by atoms with E-state index in [2.05, 4.69) is 20.8 Å². The number of rotatable bonds is 8. The van der Waals surface area contributed by atoms with Crippen molar-refractivity contribution in [3.05, 3.63) is 23.8 Å². The van der Waals surface area contributed by atoms with Crippen molar-refractivity contribution in [1.82, 2.24) is 0 Å². The van der Waals surface area contributed by atoms with Crippen LogP contribution in [0.2, 0.25) is 0 Å². The summed E-state index contributed by atoms with van der Waals surface area (Å²) in [5.74, 6) is 2.15. The van der Waals surface area contributed by atoms with E-state index < -0.39 is 0 Å². The summed E-state index contributed by atoms with van der Waals surface area (Å²) in [6.07, 6.45) is 1.24. The van der Waals surface area contributed by atoms with Crippen molar-refractivity contribution < 1.29 is 14.2 Å². The monoisotopic (exact) mass is 281 g/mol. The fraction of sp³-hybridized carbons (Fsp3) is 0.625. The Morgan fingerprint density at radius 2 is 1.80 bits per heavy atom. The van der Waals surface area contributed by atoms with Gasteiger partial charge < -0.3 is 19.9 Å². The van der Waals surface area contributed by atoms with Crippen molar-refractivity contribution in [3.63, 3.8) is 0 Å². The molecule has 2 atom stereocenters. The zero-order valence-corrected chi connectivity index (χ0v) is 13.2. The molecule has 0 amide bonds. The average Bonchev–Trinajstić information content (AvgIpc) is 2.43. The van der Waals surface area contributed by atoms with Gasteiger partial charge in [-0.2, -0.15) is 0 Å². The largest absolute Gasteiger partial charge is 0.497 e. The highest BCUT2D eigenvalue weighted by Crippen LogP contribution is 2.28. The van der Waals surface area contributed by atoms with Crippen LogP contribution in [-0.2, 0) is 4.74 Å². The number of hydrogen-bond donors (Lipinski definition) is 1. The molecule has 2 N–H and O–H groups in total. The fourth-order valence-electron chi connectivity index (χ4n) is 2.22. The van der Waals surface area contributed by atoms with E-state index in [1.54, 1.807) is 14.2 Å². The van der Waals surface area contributed by atoms with E-state index in [0.717, 1.165) is 23.5 Å². The molecular weight excluding hydrogens is 254 g/mol. The second kappa shape index (κ2) is 8.12. The van der Waals surface area contributed by atoms with Gasteiger partial charge in [-0.15, -0.1) is 0 Å². The molecule has 0 aromatic heterocycles. The molecular formula is C16H27NO3. The maximum absolute atomic E-state index is 6.21. The summed E-state index contributed by atoms with van der Waals surface area (Å²) in [5.41, 5.74) is 7.12. The third kappa shape index (κ3) is 5.02. The minimum Gasteiger partial charge on any atom is -0.497 e. The molecule has 0 saturated heterocycles. The summed E-state index contributed by atoms with van der Waals surface area (Å²) in [7, 11) is 3.28. The Morgan fingerprint density at radius 3 is 2.35 bits per heavy atom. The van der Waals surface area contributed by atoms with E-state index in [-0.39, 0.29) is 12.1 Å². The minimum absolute atomic E-state index is 0.206. The van der Waals surface area contributed by atoms with Crippen LogP contribution in [0.3, 0.4) is 0 Å². The lowest BCUT2D eigenvalue weighted by atomic mass is 10.1. The average molecular weight is 281 g/mol. The molecule has 0 aliphatic rings. The normalized spacial score (nSPS) is 14.2. The van der Waals surface area contributed by atoms with Crippen molar-refractivity contribution in [3.8, 4) is 11.5 Å². The topological polar surface area (TPSA) is 53.7 Å². The first-order chi connectivity index (χ1) is 9.47. The molecule has 0 bridgehead atoms. The van der Waals surface area contributed by atoms with Crippen LogP contribution >= 0.6 is 0 Å². The second-order valence-corrected chi connectivity index (χ2v) is 5.49. The lowest BCUT2D eigenvalue weighted by molar-refractivity contribution is 0.0426. The van der Waals surface area contributed by atoms with Crippen LogP contribution in [0.5, 0.6) is 11.5 Å². The Morgan fingerprint density at radius 1 is 1.10 bits per heavy atom. The lowest BCUT2D eigenvalue weighted by Crippen LogP contribution is -2.22. The standard InChI is InChI=1S/C16H27NO3/c1-11(2)8-12(3)20-10-15(17)14-9-13(18-4)6-7-16(14)19-5/h6-7,9,11-12,15H,8,10,17H2,1-5H3. The molecule has 114 valence electrons. The summed E-state index contributed by atoms with van der Waals surface area (Å²) < 4.78 is 16.4. The van der Waals surface area contributed by atoms with Crippen LogP contribution in [0.15, 0.2) is 18.2 Å². The van der Waals surface area contributed by atoms with Gasteiger partial charge in [0, 0.05) is 5.56 Å². The van der Waals surface area contributed by atoms with E-state index >= 15 is 0 Å². The highest BCUT2D eigenvalue weighted by Gasteiger charge is 2.15. The molecule has 1 aromatic rings. The molecule has 1 aromatic carbocycles. The van der Waals surface area contributed by atoms with Gasteiger partial charge in [-0.3, -0.25) is 0 Å². The van der Waals surface area contributed by atoms with E-state index in [1.165, 1.54) is 0 Å². The summed E-state index contributed by atoms with van der Waals surface area (Å²) in [5, 5.41) is 0. The van der Waals surface area contributed by atoms with Gasteiger partial charge in [0.25, 0.3) is 0 Å². The minimum atomic E-state index is -0.227. The lowest BCUT2D eigenvalue weighted by Gasteiger charge is -2.20. The van der Waals surface area contributed by atoms with Crippen LogP contribution in [0.4, 0.5) is 0 Å². The fourth-order valence-corrected chi connectivity index (χ4v) is 2.22. The first-order valence-corrected chi connectivity index (χ1v) is 7.07. The molecule has 0 aliphatic carbocycles. The van der Waals surface area contributed by atoms with Crippen molar-refractivity contribution in [2.45, 2.75) is 39.3 Å². The van der Waals surface area contributed by atoms with E-state index in [4.69, 9.17) is 19.9 Å². The Bertz CT molecular complexity index is 407. The Labute approximate surface area is 122 Å². The van der Waals surface area contributed by atoms with Gasteiger partial charge in [-0.1, -0.05) is 13.8 Å². The molecule has 0 saturated carbocycles. The molecule has 0 radical (unpaired) electrons. The van der Waals surface area contributed by atoms with Gasteiger partial charge in [0.15, 0.2) is 0 Å². The van der Waals surface area contributed by atoms with Gasteiger partial charge in [0.1, 0.15) is 11.5 Å². The first-order valence-electron chi connectivity index (χ1n) is 7.07. The van der Waals surface area contributed by atoms with E-state index in [1.807, 2.05) is 18.2 Å². The van der Waals surface area contributed by atoms with Crippen LogP contribution < -0.4 is 15.2 Å². The Kier molecular flexibility index (Phi) is 6.82. The first kappa shape index (κ1) is 16.8. The van der Waals surface area contributed by atoms with Crippen LogP contribution in [-0.4, -0.2) is 26.9 Å². The summed E-state index contributed by atoms with van der Waals surface area (Å²) in [4.78, 5) is 0. The maximum Gasteiger partial charge on any atom is 0.123 e. The summed E-state index contributed by atoms with van der Waals surface area (Å²) in [6, 6.07) is 5.40. The SMILES string of the molecule is COc1ccc(OC)c(C(N)COC(C)CC(C)C)c1. The predicted octanol–water partition coefficient (Wildman–Crippen LogP) is 3.15. The molecule has 20 heavy (non-hydrogen) atoms. The van der Waals surface area contributed by atoms with Crippen molar-refractivity contribution in [1.29, 1.82) is 0 Å². The Balaban J connectivity index is 2.68. The van der Waals surface area contributed by atoms with Gasteiger partial charge >= 0.3 is 0 Å². The van der Waals surface area contributed by atoms with E-state index in [0.29, 0.717) is 12.5 Å². The molecule has 4 nitrogen and oxygen atoms in total.